The van der Waals surface area contributed by atoms with Crippen molar-refractivity contribution in [2.24, 2.45) is 0 Å². The molecule has 0 aromatic heterocycles. The van der Waals surface area contributed by atoms with E-state index in [9.17, 15) is 9.18 Å². The van der Waals surface area contributed by atoms with Crippen molar-refractivity contribution >= 4 is 17.3 Å². The number of aliphatic hydroxyl groups excluding tert-OH is 1. The zero-order chi connectivity index (χ0) is 13.0. The molecule has 4 N–H and O–H groups in total. The summed E-state index contributed by atoms with van der Waals surface area (Å²) in [6.45, 7) is 2.44. The molecule has 0 aliphatic heterocycles. The summed E-state index contributed by atoms with van der Waals surface area (Å²) in [4.78, 5) is 12.7. The first-order valence-corrected chi connectivity index (χ1v) is 5.20. The summed E-state index contributed by atoms with van der Waals surface area (Å²) in [5, 5.41) is 17.9. The molecule has 0 spiro atoms. The molecule has 17 heavy (non-hydrogen) atoms. The lowest BCUT2D eigenvalue weighted by Crippen LogP contribution is -2.28. The van der Waals surface area contributed by atoms with Crippen molar-refractivity contribution in [1.82, 2.24) is 0 Å². The van der Waals surface area contributed by atoms with Gasteiger partial charge in [0.25, 0.3) is 0 Å². The number of carboxylic acid groups (broad SMARTS) is 1. The SMILES string of the molecule is CCN(CCO)c1ccc(F)c(N)c1C(=O)O. The fourth-order valence-corrected chi connectivity index (χ4v) is 1.64. The highest BCUT2D eigenvalue weighted by Crippen LogP contribution is 2.28. The van der Waals surface area contributed by atoms with Crippen LogP contribution in [0.5, 0.6) is 0 Å². The Labute approximate surface area is 98.3 Å². The van der Waals surface area contributed by atoms with Crippen LogP contribution in [0.4, 0.5) is 15.8 Å². The average molecular weight is 242 g/mol. The molecule has 0 radical (unpaired) electrons. The third-order valence-corrected chi connectivity index (χ3v) is 2.48. The van der Waals surface area contributed by atoms with E-state index in [1.54, 1.807) is 11.8 Å². The van der Waals surface area contributed by atoms with Gasteiger partial charge in [-0.15, -0.1) is 0 Å². The van der Waals surface area contributed by atoms with Gasteiger partial charge in [0.1, 0.15) is 11.4 Å². The highest BCUT2D eigenvalue weighted by atomic mass is 19.1. The van der Waals surface area contributed by atoms with Gasteiger partial charge >= 0.3 is 5.97 Å². The van der Waals surface area contributed by atoms with Gasteiger partial charge in [0.15, 0.2) is 0 Å². The van der Waals surface area contributed by atoms with Gasteiger partial charge in [0.05, 0.1) is 18.0 Å². The smallest absolute Gasteiger partial charge is 0.340 e. The van der Waals surface area contributed by atoms with Crippen LogP contribution in [-0.4, -0.2) is 35.9 Å². The number of aliphatic hydroxyl groups is 1. The number of nitrogen functional groups attached to an aromatic ring is 1. The minimum absolute atomic E-state index is 0.121. The maximum Gasteiger partial charge on any atom is 0.340 e. The van der Waals surface area contributed by atoms with Gasteiger partial charge < -0.3 is 20.8 Å². The van der Waals surface area contributed by atoms with Crippen molar-refractivity contribution in [3.05, 3.63) is 23.5 Å². The molecule has 0 unspecified atom stereocenters. The van der Waals surface area contributed by atoms with Gasteiger partial charge in [0.2, 0.25) is 0 Å². The molecule has 0 aliphatic carbocycles. The monoisotopic (exact) mass is 242 g/mol. The van der Waals surface area contributed by atoms with Crippen molar-refractivity contribution in [2.75, 3.05) is 30.3 Å². The molecular weight excluding hydrogens is 227 g/mol. The molecule has 0 saturated carbocycles. The van der Waals surface area contributed by atoms with Crippen LogP contribution >= 0.6 is 0 Å². The molecule has 0 bridgehead atoms. The van der Waals surface area contributed by atoms with Crippen molar-refractivity contribution in [1.29, 1.82) is 0 Å². The van der Waals surface area contributed by atoms with Crippen molar-refractivity contribution in [2.45, 2.75) is 6.92 Å². The standard InChI is InChI=1S/C11H15FN2O3/c1-2-14(5-6-15)8-4-3-7(12)10(13)9(8)11(16)17/h3-4,15H,2,5-6,13H2,1H3,(H,16,17). The van der Waals surface area contributed by atoms with Crippen LogP contribution in [0.2, 0.25) is 0 Å². The van der Waals surface area contributed by atoms with E-state index < -0.39 is 11.8 Å². The van der Waals surface area contributed by atoms with E-state index in [-0.39, 0.29) is 24.4 Å². The van der Waals surface area contributed by atoms with Gasteiger partial charge in [-0.25, -0.2) is 9.18 Å². The van der Waals surface area contributed by atoms with Crippen LogP contribution in [0.25, 0.3) is 0 Å². The molecule has 1 rings (SSSR count). The number of carboxylic acids is 1. The lowest BCUT2D eigenvalue weighted by molar-refractivity contribution is 0.0698. The molecule has 94 valence electrons. The molecule has 1 aromatic rings. The quantitative estimate of drug-likeness (QED) is 0.668. The lowest BCUT2D eigenvalue weighted by Gasteiger charge is -2.24. The zero-order valence-electron chi connectivity index (χ0n) is 9.48. The van der Waals surface area contributed by atoms with Crippen molar-refractivity contribution in [3.63, 3.8) is 0 Å². The number of carbonyl (C=O) groups is 1. The summed E-state index contributed by atoms with van der Waals surface area (Å²) in [5.74, 6) is -2.04. The number of nitrogens with two attached hydrogens (primary N) is 1. The van der Waals surface area contributed by atoms with Gasteiger partial charge in [-0.2, -0.15) is 0 Å². The molecule has 0 amide bonds. The molecular formula is C11H15FN2O3. The zero-order valence-corrected chi connectivity index (χ0v) is 9.48. The summed E-state index contributed by atoms with van der Waals surface area (Å²) >= 11 is 0. The van der Waals surface area contributed by atoms with E-state index in [1.165, 1.54) is 6.07 Å². The number of benzene rings is 1. The third-order valence-electron chi connectivity index (χ3n) is 2.48. The summed E-state index contributed by atoms with van der Waals surface area (Å²) in [5.41, 5.74) is 5.09. The number of hydrogen-bond acceptors (Lipinski definition) is 4. The van der Waals surface area contributed by atoms with Crippen LogP contribution in [0.15, 0.2) is 12.1 Å². The second-order valence-electron chi connectivity index (χ2n) is 3.46. The second kappa shape index (κ2) is 5.49. The average Bonchev–Trinajstić information content (AvgIpc) is 2.29. The summed E-state index contributed by atoms with van der Waals surface area (Å²) in [7, 11) is 0. The topological polar surface area (TPSA) is 86.8 Å². The Morgan fingerprint density at radius 3 is 2.65 bits per heavy atom. The second-order valence-corrected chi connectivity index (χ2v) is 3.46. The van der Waals surface area contributed by atoms with Gasteiger partial charge in [0, 0.05) is 13.1 Å². The molecule has 0 atom stereocenters. The number of hydrogen-bond donors (Lipinski definition) is 3. The molecule has 0 saturated heterocycles. The first-order valence-electron chi connectivity index (χ1n) is 5.20. The third kappa shape index (κ3) is 2.65. The first kappa shape index (κ1) is 13.2. The molecule has 1 aromatic carbocycles. The Balaban J connectivity index is 3.31. The summed E-state index contributed by atoms with van der Waals surface area (Å²) < 4.78 is 13.2. The van der Waals surface area contributed by atoms with Crippen LogP contribution in [0.3, 0.4) is 0 Å². The van der Waals surface area contributed by atoms with Gasteiger partial charge in [-0.1, -0.05) is 0 Å². The Hall–Kier alpha value is -1.82. The minimum atomic E-state index is -1.28. The fourth-order valence-electron chi connectivity index (χ4n) is 1.64. The van der Waals surface area contributed by atoms with Crippen molar-refractivity contribution < 1.29 is 19.4 Å². The predicted octanol–water partition coefficient (Wildman–Crippen LogP) is 0.925. The van der Waals surface area contributed by atoms with E-state index in [2.05, 4.69) is 0 Å². The van der Waals surface area contributed by atoms with E-state index in [0.717, 1.165) is 6.07 Å². The van der Waals surface area contributed by atoms with Crippen LogP contribution in [0, 0.1) is 5.82 Å². The normalized spacial score (nSPS) is 10.3. The Morgan fingerprint density at radius 2 is 2.18 bits per heavy atom. The number of nitrogens with zero attached hydrogens (tertiary/aromatic N) is 1. The Morgan fingerprint density at radius 1 is 1.53 bits per heavy atom. The number of rotatable bonds is 5. The number of aromatic carboxylic acids is 1. The Kier molecular flexibility index (Phi) is 4.28. The van der Waals surface area contributed by atoms with E-state index in [4.69, 9.17) is 15.9 Å². The largest absolute Gasteiger partial charge is 0.478 e. The fraction of sp³-hybridized carbons (Fsp3) is 0.364. The van der Waals surface area contributed by atoms with Crippen LogP contribution in [-0.2, 0) is 0 Å². The van der Waals surface area contributed by atoms with Crippen LogP contribution < -0.4 is 10.6 Å². The van der Waals surface area contributed by atoms with Gasteiger partial charge in [-0.05, 0) is 19.1 Å². The van der Waals surface area contributed by atoms with E-state index >= 15 is 0 Å². The van der Waals surface area contributed by atoms with E-state index in [1.807, 2.05) is 0 Å². The maximum atomic E-state index is 13.2. The highest BCUT2D eigenvalue weighted by molar-refractivity contribution is 6.00. The summed E-state index contributed by atoms with van der Waals surface area (Å²) in [6.07, 6.45) is 0. The molecule has 5 nitrogen and oxygen atoms in total. The highest BCUT2D eigenvalue weighted by Gasteiger charge is 2.20. The van der Waals surface area contributed by atoms with E-state index in [0.29, 0.717) is 12.2 Å². The first-order chi connectivity index (χ1) is 8.02. The molecule has 6 heteroatoms. The number of anilines is 2. The molecule has 0 heterocycles. The minimum Gasteiger partial charge on any atom is -0.478 e. The maximum absolute atomic E-state index is 13.2. The summed E-state index contributed by atoms with van der Waals surface area (Å²) in [6, 6.07) is 2.48. The molecule has 0 fully saturated rings. The van der Waals surface area contributed by atoms with Crippen LogP contribution in [0.1, 0.15) is 17.3 Å². The molecule has 0 aliphatic rings. The lowest BCUT2D eigenvalue weighted by atomic mass is 10.1. The predicted molar refractivity (Wildman–Crippen MR) is 62.7 cm³/mol. The van der Waals surface area contributed by atoms with Crippen molar-refractivity contribution in [3.8, 4) is 0 Å². The number of halogens is 1. The van der Waals surface area contributed by atoms with Gasteiger partial charge in [-0.3, -0.25) is 0 Å². The Bertz CT molecular complexity index is 423. The number of likely N-dealkylation sites (N-methyl/N-ethyl adjacent to an activating group) is 1.